The first kappa shape index (κ1) is 11.0. The normalized spacial score (nSPS) is 9.93. The molecule has 0 spiro atoms. The number of nitrogens with one attached hydrogen (secondary N) is 1. The van der Waals surface area contributed by atoms with Gasteiger partial charge < -0.3 is 5.32 Å². The van der Waals surface area contributed by atoms with Crippen LogP contribution in [0.3, 0.4) is 0 Å². The summed E-state index contributed by atoms with van der Waals surface area (Å²) in [6.45, 7) is 2.50. The third-order valence-electron chi connectivity index (χ3n) is 1.71. The average molecular weight is 216 g/mol. The van der Waals surface area contributed by atoms with E-state index in [0.29, 0.717) is 6.54 Å². The van der Waals surface area contributed by atoms with Crippen LogP contribution < -0.4 is 5.32 Å². The maximum atomic E-state index is 12.8. The minimum atomic E-state index is -0.462. The Hall–Kier alpha value is -1.09. The van der Waals surface area contributed by atoms with Crippen molar-refractivity contribution in [2.24, 2.45) is 0 Å². The highest BCUT2D eigenvalue weighted by molar-refractivity contribution is 6.33. The lowest BCUT2D eigenvalue weighted by Gasteiger charge is -2.05. The maximum Gasteiger partial charge on any atom is 0.252 e. The molecule has 2 nitrogen and oxygen atoms in total. The predicted molar refractivity (Wildman–Crippen MR) is 54.0 cm³/mol. The summed E-state index contributed by atoms with van der Waals surface area (Å²) in [6.07, 6.45) is 0.832. The molecule has 76 valence electrons. The van der Waals surface area contributed by atoms with E-state index in [-0.39, 0.29) is 16.5 Å². The van der Waals surface area contributed by atoms with E-state index < -0.39 is 5.82 Å². The van der Waals surface area contributed by atoms with Gasteiger partial charge in [0, 0.05) is 6.54 Å². The Balaban J connectivity index is 2.83. The monoisotopic (exact) mass is 215 g/mol. The molecule has 0 fully saturated rings. The van der Waals surface area contributed by atoms with Crippen LogP contribution in [0, 0.1) is 5.82 Å². The molecular formula is C10H11ClFNO. The van der Waals surface area contributed by atoms with Gasteiger partial charge in [-0.1, -0.05) is 18.5 Å². The summed E-state index contributed by atoms with van der Waals surface area (Å²) < 4.78 is 12.8. The zero-order chi connectivity index (χ0) is 10.6. The number of benzene rings is 1. The molecule has 0 radical (unpaired) electrons. The second kappa shape index (κ2) is 4.96. The van der Waals surface area contributed by atoms with E-state index in [1.807, 2.05) is 6.92 Å². The van der Waals surface area contributed by atoms with Gasteiger partial charge in [-0.2, -0.15) is 0 Å². The van der Waals surface area contributed by atoms with E-state index in [1.54, 1.807) is 0 Å². The number of carbonyl (C=O) groups excluding carboxylic acids is 1. The first-order valence-electron chi connectivity index (χ1n) is 4.38. The molecule has 1 aromatic rings. The number of halogens is 2. The summed E-state index contributed by atoms with van der Waals surface area (Å²) in [6, 6.07) is 3.73. The van der Waals surface area contributed by atoms with Crippen molar-refractivity contribution in [2.45, 2.75) is 13.3 Å². The van der Waals surface area contributed by atoms with Gasteiger partial charge in [-0.15, -0.1) is 0 Å². The predicted octanol–water partition coefficient (Wildman–Crippen LogP) is 2.62. The van der Waals surface area contributed by atoms with E-state index in [9.17, 15) is 9.18 Å². The Bertz CT molecular complexity index is 341. The fourth-order valence-electron chi connectivity index (χ4n) is 1.01. The highest BCUT2D eigenvalue weighted by atomic mass is 35.5. The van der Waals surface area contributed by atoms with Crippen molar-refractivity contribution in [2.75, 3.05) is 6.54 Å². The first-order valence-corrected chi connectivity index (χ1v) is 4.76. The highest BCUT2D eigenvalue weighted by Crippen LogP contribution is 2.16. The minimum absolute atomic E-state index is 0.181. The molecule has 1 rings (SSSR count). The third kappa shape index (κ3) is 2.70. The molecule has 1 aromatic carbocycles. The highest BCUT2D eigenvalue weighted by Gasteiger charge is 2.10. The first-order chi connectivity index (χ1) is 6.65. The van der Waals surface area contributed by atoms with Crippen LogP contribution >= 0.6 is 11.6 Å². The van der Waals surface area contributed by atoms with Gasteiger partial charge in [-0.05, 0) is 24.6 Å². The molecule has 0 aliphatic carbocycles. The summed E-state index contributed by atoms with van der Waals surface area (Å²) in [5, 5.41) is 2.89. The number of rotatable bonds is 3. The van der Waals surface area contributed by atoms with Crippen LogP contribution in [0.5, 0.6) is 0 Å². The van der Waals surface area contributed by atoms with E-state index >= 15 is 0 Å². The minimum Gasteiger partial charge on any atom is -0.352 e. The number of carbonyl (C=O) groups is 1. The standard InChI is InChI=1S/C10H11ClFNO/c1-2-5-13-10(14)8-6-7(12)3-4-9(8)11/h3-4,6H,2,5H2,1H3,(H,13,14). The average Bonchev–Trinajstić information content (AvgIpc) is 2.18. The van der Waals surface area contributed by atoms with Crippen molar-refractivity contribution in [3.63, 3.8) is 0 Å². The van der Waals surface area contributed by atoms with Crippen molar-refractivity contribution in [1.82, 2.24) is 5.32 Å². The summed E-state index contributed by atoms with van der Waals surface area (Å²) in [4.78, 5) is 11.4. The molecular weight excluding hydrogens is 205 g/mol. The van der Waals surface area contributed by atoms with Crippen LogP contribution in [0.1, 0.15) is 23.7 Å². The number of hydrogen-bond acceptors (Lipinski definition) is 1. The smallest absolute Gasteiger partial charge is 0.252 e. The SMILES string of the molecule is CCCNC(=O)c1cc(F)ccc1Cl. The molecule has 4 heteroatoms. The molecule has 1 amide bonds. The van der Waals surface area contributed by atoms with Crippen molar-refractivity contribution in [3.05, 3.63) is 34.6 Å². The van der Waals surface area contributed by atoms with Crippen molar-refractivity contribution in [1.29, 1.82) is 0 Å². The second-order valence-electron chi connectivity index (χ2n) is 2.88. The largest absolute Gasteiger partial charge is 0.352 e. The summed E-state index contributed by atoms with van der Waals surface area (Å²) >= 11 is 5.74. The van der Waals surface area contributed by atoms with Crippen molar-refractivity contribution < 1.29 is 9.18 Å². The van der Waals surface area contributed by atoms with Crippen LogP contribution in [-0.2, 0) is 0 Å². The van der Waals surface area contributed by atoms with E-state index in [1.165, 1.54) is 12.1 Å². The molecule has 0 atom stereocenters. The Morgan fingerprint density at radius 3 is 2.93 bits per heavy atom. The Morgan fingerprint density at radius 1 is 1.57 bits per heavy atom. The molecule has 0 bridgehead atoms. The zero-order valence-corrected chi connectivity index (χ0v) is 8.57. The zero-order valence-electron chi connectivity index (χ0n) is 7.81. The van der Waals surface area contributed by atoms with Crippen LogP contribution in [0.2, 0.25) is 5.02 Å². The van der Waals surface area contributed by atoms with E-state index in [0.717, 1.165) is 12.5 Å². The molecule has 0 aliphatic rings. The molecule has 0 aliphatic heterocycles. The molecule has 0 saturated heterocycles. The summed E-state index contributed by atoms with van der Waals surface area (Å²) in [7, 11) is 0. The van der Waals surface area contributed by atoms with Gasteiger partial charge in [0.15, 0.2) is 0 Å². The van der Waals surface area contributed by atoms with Crippen LogP contribution in [0.25, 0.3) is 0 Å². The van der Waals surface area contributed by atoms with Gasteiger partial charge in [-0.3, -0.25) is 4.79 Å². The summed E-state index contributed by atoms with van der Waals surface area (Å²) in [5.41, 5.74) is 0.181. The van der Waals surface area contributed by atoms with Crippen molar-refractivity contribution >= 4 is 17.5 Å². The van der Waals surface area contributed by atoms with Crippen LogP contribution in [0.4, 0.5) is 4.39 Å². The quantitative estimate of drug-likeness (QED) is 0.825. The lowest BCUT2D eigenvalue weighted by atomic mass is 10.2. The molecule has 0 aromatic heterocycles. The van der Waals surface area contributed by atoms with Gasteiger partial charge in [0.1, 0.15) is 5.82 Å². The summed E-state index contributed by atoms with van der Waals surface area (Å²) in [5.74, 6) is -0.799. The van der Waals surface area contributed by atoms with Crippen LogP contribution in [-0.4, -0.2) is 12.5 Å². The van der Waals surface area contributed by atoms with Gasteiger partial charge in [0.2, 0.25) is 0 Å². The Morgan fingerprint density at radius 2 is 2.29 bits per heavy atom. The van der Waals surface area contributed by atoms with E-state index in [4.69, 9.17) is 11.6 Å². The Kier molecular flexibility index (Phi) is 3.89. The fraction of sp³-hybridized carbons (Fsp3) is 0.300. The van der Waals surface area contributed by atoms with Crippen LogP contribution in [0.15, 0.2) is 18.2 Å². The maximum absolute atomic E-state index is 12.8. The second-order valence-corrected chi connectivity index (χ2v) is 3.29. The van der Waals surface area contributed by atoms with Gasteiger partial charge in [0.05, 0.1) is 10.6 Å². The topological polar surface area (TPSA) is 29.1 Å². The third-order valence-corrected chi connectivity index (χ3v) is 2.04. The fourth-order valence-corrected chi connectivity index (χ4v) is 1.21. The van der Waals surface area contributed by atoms with E-state index in [2.05, 4.69) is 5.32 Å². The van der Waals surface area contributed by atoms with Gasteiger partial charge in [-0.25, -0.2) is 4.39 Å². The number of hydrogen-bond donors (Lipinski definition) is 1. The van der Waals surface area contributed by atoms with Crippen molar-refractivity contribution in [3.8, 4) is 0 Å². The molecule has 1 N–H and O–H groups in total. The Labute approximate surface area is 87.1 Å². The van der Waals surface area contributed by atoms with Gasteiger partial charge in [0.25, 0.3) is 5.91 Å². The number of amides is 1. The molecule has 14 heavy (non-hydrogen) atoms. The molecule has 0 saturated carbocycles. The lowest BCUT2D eigenvalue weighted by Crippen LogP contribution is -2.24. The molecule has 0 unspecified atom stereocenters. The van der Waals surface area contributed by atoms with Gasteiger partial charge >= 0.3 is 0 Å². The lowest BCUT2D eigenvalue weighted by molar-refractivity contribution is 0.0953. The molecule has 0 heterocycles.